The topological polar surface area (TPSA) is 49.4 Å². The molecule has 168 valence electrons. The average molecular weight is 467 g/mol. The first-order valence-corrected chi connectivity index (χ1v) is 11.4. The van der Waals surface area contributed by atoms with Crippen molar-refractivity contribution in [3.8, 4) is 0 Å². The Labute approximate surface area is 203 Å². The number of carbonyl (C=O) groups excluding carboxylic acids is 2. The third-order valence-electron chi connectivity index (χ3n) is 6.26. The van der Waals surface area contributed by atoms with E-state index in [1.807, 2.05) is 81.4 Å². The van der Waals surface area contributed by atoms with E-state index in [4.69, 9.17) is 11.6 Å². The monoisotopic (exact) mass is 466 g/mol. The highest BCUT2D eigenvalue weighted by Gasteiger charge is 2.41. The molecular formula is C29H23ClN2O2. The fourth-order valence-electron chi connectivity index (χ4n) is 4.52. The Kier molecular flexibility index (Phi) is 5.46. The molecule has 5 heteroatoms. The molecule has 0 spiro atoms. The van der Waals surface area contributed by atoms with Crippen LogP contribution in [0.2, 0.25) is 5.02 Å². The van der Waals surface area contributed by atoms with Gasteiger partial charge in [-0.2, -0.15) is 0 Å². The SMILES string of the molecule is Cc1ccc(C2=C(Nc3cccc4ccccc34)C(=O)N(c3cccc(Cl)c3C)C2=O)c(C)c1. The van der Waals surface area contributed by atoms with Crippen molar-refractivity contribution in [1.29, 1.82) is 0 Å². The lowest BCUT2D eigenvalue weighted by Crippen LogP contribution is -2.33. The third kappa shape index (κ3) is 3.57. The Hall–Kier alpha value is -3.89. The van der Waals surface area contributed by atoms with E-state index in [0.29, 0.717) is 21.8 Å². The maximum absolute atomic E-state index is 13.8. The molecule has 0 bridgehead atoms. The van der Waals surface area contributed by atoms with Gasteiger partial charge in [-0.1, -0.05) is 77.8 Å². The van der Waals surface area contributed by atoms with Crippen molar-refractivity contribution in [2.45, 2.75) is 20.8 Å². The molecule has 0 unspecified atom stereocenters. The number of amides is 2. The predicted octanol–water partition coefficient (Wildman–Crippen LogP) is 6.82. The second-order valence-corrected chi connectivity index (χ2v) is 8.96. The molecule has 0 radical (unpaired) electrons. The first kappa shape index (κ1) is 21.9. The smallest absolute Gasteiger partial charge is 0.282 e. The first-order valence-electron chi connectivity index (χ1n) is 11.1. The number of fused-ring (bicyclic) bond motifs is 1. The van der Waals surface area contributed by atoms with Crippen LogP contribution >= 0.6 is 11.6 Å². The molecule has 0 aromatic heterocycles. The molecule has 1 aliphatic heterocycles. The summed E-state index contributed by atoms with van der Waals surface area (Å²) >= 11 is 6.34. The molecule has 0 fully saturated rings. The van der Waals surface area contributed by atoms with Crippen LogP contribution in [0.3, 0.4) is 0 Å². The fraction of sp³-hybridized carbons (Fsp3) is 0.103. The van der Waals surface area contributed by atoms with E-state index < -0.39 is 5.91 Å². The molecule has 1 N–H and O–H groups in total. The van der Waals surface area contributed by atoms with Crippen molar-refractivity contribution in [3.05, 3.63) is 112 Å². The number of imide groups is 1. The van der Waals surface area contributed by atoms with Crippen LogP contribution in [0.25, 0.3) is 16.3 Å². The summed E-state index contributed by atoms with van der Waals surface area (Å²) in [6.45, 7) is 5.77. The van der Waals surface area contributed by atoms with Crippen LogP contribution in [0.5, 0.6) is 0 Å². The number of halogens is 1. The second-order valence-electron chi connectivity index (χ2n) is 8.55. The summed E-state index contributed by atoms with van der Waals surface area (Å²) in [6.07, 6.45) is 0. The van der Waals surface area contributed by atoms with Gasteiger partial charge in [-0.3, -0.25) is 9.59 Å². The minimum Gasteiger partial charge on any atom is -0.350 e. The average Bonchev–Trinajstić information content (AvgIpc) is 3.05. The summed E-state index contributed by atoms with van der Waals surface area (Å²) in [6, 6.07) is 24.9. The zero-order valence-corrected chi connectivity index (χ0v) is 19.9. The number of rotatable bonds is 4. The molecule has 2 amide bonds. The number of nitrogens with one attached hydrogen (secondary N) is 1. The van der Waals surface area contributed by atoms with E-state index in [9.17, 15) is 9.59 Å². The molecule has 1 heterocycles. The minimum atomic E-state index is -0.404. The van der Waals surface area contributed by atoms with Crippen molar-refractivity contribution in [2.75, 3.05) is 10.2 Å². The van der Waals surface area contributed by atoms with Crippen LogP contribution in [0, 0.1) is 20.8 Å². The quantitative estimate of drug-likeness (QED) is 0.336. The van der Waals surface area contributed by atoms with Gasteiger partial charge in [-0.15, -0.1) is 0 Å². The molecule has 34 heavy (non-hydrogen) atoms. The summed E-state index contributed by atoms with van der Waals surface area (Å²) in [5.74, 6) is -0.775. The highest BCUT2D eigenvalue weighted by molar-refractivity contribution is 6.47. The van der Waals surface area contributed by atoms with Crippen LogP contribution in [0.15, 0.2) is 84.6 Å². The van der Waals surface area contributed by atoms with Crippen molar-refractivity contribution in [3.63, 3.8) is 0 Å². The zero-order valence-electron chi connectivity index (χ0n) is 19.1. The Morgan fingerprint density at radius 2 is 1.53 bits per heavy atom. The molecule has 0 aliphatic carbocycles. The number of carbonyl (C=O) groups is 2. The highest BCUT2D eigenvalue weighted by atomic mass is 35.5. The zero-order chi connectivity index (χ0) is 24.0. The molecule has 5 rings (SSSR count). The van der Waals surface area contributed by atoms with Crippen LogP contribution < -0.4 is 10.2 Å². The number of hydrogen-bond acceptors (Lipinski definition) is 3. The largest absolute Gasteiger partial charge is 0.350 e. The van der Waals surface area contributed by atoms with Gasteiger partial charge in [0.25, 0.3) is 11.8 Å². The van der Waals surface area contributed by atoms with Gasteiger partial charge in [0, 0.05) is 16.1 Å². The van der Waals surface area contributed by atoms with E-state index in [1.54, 1.807) is 18.2 Å². The van der Waals surface area contributed by atoms with Gasteiger partial charge in [0.2, 0.25) is 0 Å². The van der Waals surface area contributed by atoms with Crippen molar-refractivity contribution in [2.24, 2.45) is 0 Å². The van der Waals surface area contributed by atoms with Gasteiger partial charge < -0.3 is 5.32 Å². The van der Waals surface area contributed by atoms with E-state index in [1.165, 1.54) is 4.90 Å². The second kappa shape index (κ2) is 8.47. The maximum atomic E-state index is 13.8. The summed E-state index contributed by atoms with van der Waals surface area (Å²) < 4.78 is 0. The lowest BCUT2D eigenvalue weighted by molar-refractivity contribution is -0.120. The predicted molar refractivity (Wildman–Crippen MR) is 139 cm³/mol. The van der Waals surface area contributed by atoms with Crippen molar-refractivity contribution >= 4 is 51.1 Å². The molecule has 4 nitrogen and oxygen atoms in total. The molecular weight excluding hydrogens is 444 g/mol. The first-order chi connectivity index (χ1) is 16.4. The van der Waals surface area contributed by atoms with Gasteiger partial charge in [-0.25, -0.2) is 4.90 Å². The van der Waals surface area contributed by atoms with E-state index in [-0.39, 0.29) is 11.6 Å². The maximum Gasteiger partial charge on any atom is 0.282 e. The van der Waals surface area contributed by atoms with Crippen molar-refractivity contribution < 1.29 is 9.59 Å². The summed E-state index contributed by atoms with van der Waals surface area (Å²) in [5, 5.41) is 5.83. The Balaban J connectivity index is 1.71. The molecule has 4 aromatic rings. The Morgan fingerprint density at radius 3 is 2.32 bits per heavy atom. The standard InChI is InChI=1S/C29H23ClN2O2/c1-17-14-15-21(18(2)16-17)26-27(31-24-12-6-9-20-8-4-5-10-22(20)24)29(34)32(28(26)33)25-13-7-11-23(30)19(25)3/h4-16,31H,1-3H3. The number of aryl methyl sites for hydroxylation is 2. The van der Waals surface area contributed by atoms with Gasteiger partial charge in [0.05, 0.1) is 11.3 Å². The van der Waals surface area contributed by atoms with Crippen LogP contribution in [0.4, 0.5) is 11.4 Å². The highest BCUT2D eigenvalue weighted by Crippen LogP contribution is 2.38. The molecule has 0 saturated carbocycles. The fourth-order valence-corrected chi connectivity index (χ4v) is 4.69. The van der Waals surface area contributed by atoms with Crippen LogP contribution in [0.1, 0.15) is 22.3 Å². The van der Waals surface area contributed by atoms with Crippen LogP contribution in [-0.2, 0) is 9.59 Å². The molecule has 0 saturated heterocycles. The Morgan fingerprint density at radius 1 is 0.794 bits per heavy atom. The third-order valence-corrected chi connectivity index (χ3v) is 6.67. The summed E-state index contributed by atoms with van der Waals surface area (Å²) in [7, 11) is 0. The molecule has 0 atom stereocenters. The van der Waals surface area contributed by atoms with Gasteiger partial charge in [-0.05, 0) is 61.0 Å². The van der Waals surface area contributed by atoms with Gasteiger partial charge in [0.15, 0.2) is 0 Å². The number of anilines is 2. The lowest BCUT2D eigenvalue weighted by Gasteiger charge is -2.18. The van der Waals surface area contributed by atoms with E-state index in [2.05, 4.69) is 5.32 Å². The van der Waals surface area contributed by atoms with Gasteiger partial charge in [0.1, 0.15) is 5.70 Å². The number of nitrogens with zero attached hydrogens (tertiary/aromatic N) is 1. The van der Waals surface area contributed by atoms with E-state index in [0.717, 1.165) is 33.2 Å². The Bertz CT molecular complexity index is 1510. The summed E-state index contributed by atoms with van der Waals surface area (Å²) in [4.78, 5) is 28.9. The lowest BCUT2D eigenvalue weighted by atomic mass is 9.97. The van der Waals surface area contributed by atoms with Crippen LogP contribution in [-0.4, -0.2) is 11.8 Å². The minimum absolute atomic E-state index is 0.257. The molecule has 1 aliphatic rings. The van der Waals surface area contributed by atoms with Crippen molar-refractivity contribution in [1.82, 2.24) is 0 Å². The number of hydrogen-bond donors (Lipinski definition) is 1. The number of benzene rings is 4. The normalized spacial score (nSPS) is 13.8. The van der Waals surface area contributed by atoms with E-state index >= 15 is 0 Å². The van der Waals surface area contributed by atoms with Gasteiger partial charge >= 0.3 is 0 Å². The summed E-state index contributed by atoms with van der Waals surface area (Å²) in [5.41, 5.74) is 5.29. The molecule has 4 aromatic carbocycles.